The Bertz CT molecular complexity index is 1030. The fourth-order valence-electron chi connectivity index (χ4n) is 3.99. The number of aliphatic hydroxyl groups is 1. The third-order valence-electron chi connectivity index (χ3n) is 5.68. The molecule has 0 unspecified atom stereocenters. The third kappa shape index (κ3) is 3.61. The predicted octanol–water partition coefficient (Wildman–Crippen LogP) is 1.63. The molecule has 1 saturated carbocycles. The number of hydrogen-bond donors (Lipinski definition) is 3. The summed E-state index contributed by atoms with van der Waals surface area (Å²) in [4.78, 5) is 32.1. The molecule has 0 atom stereocenters. The van der Waals surface area contributed by atoms with Crippen molar-refractivity contribution < 1.29 is 9.90 Å². The maximum atomic E-state index is 12.6. The highest BCUT2D eigenvalue weighted by Crippen LogP contribution is 2.32. The van der Waals surface area contributed by atoms with Crippen molar-refractivity contribution in [1.82, 2.24) is 30.1 Å². The second kappa shape index (κ2) is 7.79. The number of amides is 1. The summed E-state index contributed by atoms with van der Waals surface area (Å²) < 4.78 is 0. The molecule has 1 aliphatic carbocycles. The Morgan fingerprint density at radius 1 is 1.07 bits per heavy atom. The minimum absolute atomic E-state index is 0.0156. The molecule has 2 aliphatic rings. The summed E-state index contributed by atoms with van der Waals surface area (Å²) in [6, 6.07) is 3.72. The van der Waals surface area contributed by atoms with E-state index in [1.54, 1.807) is 17.3 Å². The number of pyridine rings is 1. The molecule has 0 bridgehead atoms. The Morgan fingerprint density at radius 3 is 2.67 bits per heavy atom. The van der Waals surface area contributed by atoms with Crippen LogP contribution in [0.2, 0.25) is 0 Å². The van der Waals surface area contributed by atoms with Crippen LogP contribution in [-0.2, 0) is 4.79 Å². The normalized spacial score (nSPS) is 21.2. The van der Waals surface area contributed by atoms with Gasteiger partial charge in [0.05, 0.1) is 24.5 Å². The van der Waals surface area contributed by atoms with E-state index in [9.17, 15) is 9.90 Å². The summed E-state index contributed by atoms with van der Waals surface area (Å²) >= 11 is 0. The van der Waals surface area contributed by atoms with Crippen LogP contribution in [0, 0.1) is 5.92 Å². The Kier molecular flexibility index (Phi) is 4.83. The maximum Gasteiger partial charge on any atom is 0.247 e. The summed E-state index contributed by atoms with van der Waals surface area (Å²) in [5.74, 6) is 2.03. The molecule has 30 heavy (non-hydrogen) atoms. The molecule has 3 N–H and O–H groups in total. The first-order valence-electron chi connectivity index (χ1n) is 10.1. The topological polar surface area (TPSA) is 133 Å². The van der Waals surface area contributed by atoms with E-state index < -0.39 is 0 Å². The van der Waals surface area contributed by atoms with Crippen LogP contribution >= 0.6 is 0 Å². The average molecular weight is 406 g/mol. The van der Waals surface area contributed by atoms with Gasteiger partial charge in [-0.3, -0.25) is 19.8 Å². The van der Waals surface area contributed by atoms with Crippen LogP contribution in [0.4, 0.5) is 11.6 Å². The Hall–Kier alpha value is -3.40. The molecule has 3 aromatic heterocycles. The van der Waals surface area contributed by atoms with Crippen LogP contribution < -0.4 is 10.2 Å². The molecule has 4 heterocycles. The van der Waals surface area contributed by atoms with Gasteiger partial charge in [0.15, 0.2) is 17.5 Å². The van der Waals surface area contributed by atoms with Crippen molar-refractivity contribution in [3.8, 4) is 22.8 Å². The number of carbonyl (C=O) groups excluding carboxylic acids is 1. The van der Waals surface area contributed by atoms with E-state index in [2.05, 4.69) is 30.5 Å². The Morgan fingerprint density at radius 2 is 1.93 bits per heavy atom. The first-order valence-corrected chi connectivity index (χ1v) is 10.1. The highest BCUT2D eigenvalue weighted by atomic mass is 16.3. The fourth-order valence-corrected chi connectivity index (χ4v) is 3.99. The molecule has 1 amide bonds. The van der Waals surface area contributed by atoms with Crippen molar-refractivity contribution in [2.45, 2.75) is 31.8 Å². The van der Waals surface area contributed by atoms with Gasteiger partial charge in [0, 0.05) is 18.3 Å². The number of fused-ring (bicyclic) bond motifs is 1. The zero-order valence-electron chi connectivity index (χ0n) is 16.3. The number of rotatable bonds is 4. The molecule has 0 spiro atoms. The number of nitrogens with zero attached hydrogens (tertiary/aromatic N) is 6. The van der Waals surface area contributed by atoms with Crippen LogP contribution in [-0.4, -0.2) is 60.3 Å². The molecule has 10 nitrogen and oxygen atoms in total. The van der Waals surface area contributed by atoms with Crippen LogP contribution in [0.1, 0.15) is 25.7 Å². The zero-order chi connectivity index (χ0) is 20.5. The van der Waals surface area contributed by atoms with Crippen molar-refractivity contribution in [2.24, 2.45) is 5.92 Å². The molecule has 1 fully saturated rings. The van der Waals surface area contributed by atoms with Gasteiger partial charge >= 0.3 is 0 Å². The van der Waals surface area contributed by atoms with Crippen LogP contribution in [0.3, 0.4) is 0 Å². The van der Waals surface area contributed by atoms with Crippen LogP contribution in [0.15, 0.2) is 30.9 Å². The lowest BCUT2D eigenvalue weighted by atomic mass is 9.87. The van der Waals surface area contributed by atoms with Gasteiger partial charge in [0.1, 0.15) is 12.0 Å². The number of aliphatic hydroxyl groups excluding tert-OH is 1. The first kappa shape index (κ1) is 18.6. The van der Waals surface area contributed by atoms with E-state index in [0.29, 0.717) is 41.3 Å². The van der Waals surface area contributed by atoms with E-state index in [0.717, 1.165) is 31.2 Å². The monoisotopic (exact) mass is 406 g/mol. The zero-order valence-corrected chi connectivity index (χ0v) is 16.3. The summed E-state index contributed by atoms with van der Waals surface area (Å²) in [7, 11) is 0. The summed E-state index contributed by atoms with van der Waals surface area (Å²) in [6.45, 7) is 0.809. The number of carbonyl (C=O) groups is 1. The molecule has 3 aromatic rings. The number of aromatic amines is 1. The molecular formula is C20H22N8O2. The second-order valence-electron chi connectivity index (χ2n) is 7.71. The summed E-state index contributed by atoms with van der Waals surface area (Å²) in [5.41, 5.74) is 2.09. The molecule has 0 aromatic carbocycles. The van der Waals surface area contributed by atoms with Gasteiger partial charge in [0.2, 0.25) is 5.91 Å². The minimum Gasteiger partial charge on any atom is -0.393 e. The van der Waals surface area contributed by atoms with Crippen molar-refractivity contribution in [3.63, 3.8) is 0 Å². The smallest absolute Gasteiger partial charge is 0.247 e. The number of anilines is 2. The summed E-state index contributed by atoms with van der Waals surface area (Å²) in [6.07, 6.45) is 8.06. The van der Waals surface area contributed by atoms with Gasteiger partial charge in [-0.05, 0) is 43.7 Å². The van der Waals surface area contributed by atoms with E-state index in [-0.39, 0.29) is 18.6 Å². The molecule has 154 valence electrons. The Labute approximate surface area is 172 Å². The number of hydrogen-bond acceptors (Lipinski definition) is 8. The molecular weight excluding hydrogens is 384 g/mol. The molecule has 5 rings (SSSR count). The van der Waals surface area contributed by atoms with Crippen molar-refractivity contribution in [2.75, 3.05) is 23.3 Å². The van der Waals surface area contributed by atoms with Gasteiger partial charge in [-0.1, -0.05) is 0 Å². The highest BCUT2D eigenvalue weighted by Gasteiger charge is 2.30. The Balaban J connectivity index is 1.41. The lowest BCUT2D eigenvalue weighted by Crippen LogP contribution is -2.44. The van der Waals surface area contributed by atoms with E-state index in [4.69, 9.17) is 4.98 Å². The number of aromatic nitrogens is 6. The first-order chi connectivity index (χ1) is 14.7. The predicted molar refractivity (Wildman–Crippen MR) is 109 cm³/mol. The van der Waals surface area contributed by atoms with Gasteiger partial charge in [-0.25, -0.2) is 15.0 Å². The molecule has 0 saturated heterocycles. The van der Waals surface area contributed by atoms with Gasteiger partial charge in [-0.2, -0.15) is 5.10 Å². The van der Waals surface area contributed by atoms with Crippen molar-refractivity contribution in [1.29, 1.82) is 0 Å². The standard InChI is InChI=1S/C20H22N8O2/c29-14-4-1-12(2-5-14)10-28-17(30)9-23-19-20(28)26-16(8-22-19)13-3-6-15(21-7-13)18-24-11-25-27-18/h3,6-8,11-12,14,29H,1-2,4-5,9-10H2,(H,22,23)(H,24,25,27)/t12-,14-. The largest absolute Gasteiger partial charge is 0.393 e. The average Bonchev–Trinajstić information content (AvgIpc) is 3.32. The van der Waals surface area contributed by atoms with E-state index in [1.807, 2.05) is 12.1 Å². The highest BCUT2D eigenvalue weighted by molar-refractivity contribution is 6.00. The van der Waals surface area contributed by atoms with Crippen LogP contribution in [0.25, 0.3) is 22.8 Å². The number of nitrogens with one attached hydrogen (secondary N) is 2. The van der Waals surface area contributed by atoms with E-state index in [1.165, 1.54) is 6.33 Å². The lowest BCUT2D eigenvalue weighted by molar-refractivity contribution is -0.117. The quantitative estimate of drug-likeness (QED) is 0.595. The molecule has 0 radical (unpaired) electrons. The van der Waals surface area contributed by atoms with E-state index >= 15 is 0 Å². The second-order valence-corrected chi connectivity index (χ2v) is 7.71. The van der Waals surface area contributed by atoms with Gasteiger partial charge in [-0.15, -0.1) is 0 Å². The maximum absolute atomic E-state index is 12.6. The minimum atomic E-state index is -0.217. The third-order valence-corrected chi connectivity index (χ3v) is 5.68. The molecule has 1 aliphatic heterocycles. The van der Waals surface area contributed by atoms with Crippen molar-refractivity contribution in [3.05, 3.63) is 30.9 Å². The lowest BCUT2D eigenvalue weighted by Gasteiger charge is -2.33. The van der Waals surface area contributed by atoms with Gasteiger partial charge in [0.25, 0.3) is 0 Å². The van der Waals surface area contributed by atoms with Crippen LogP contribution in [0.5, 0.6) is 0 Å². The fraction of sp³-hybridized carbons (Fsp3) is 0.400. The summed E-state index contributed by atoms with van der Waals surface area (Å²) in [5, 5.41) is 19.5. The molecule has 10 heteroatoms. The van der Waals surface area contributed by atoms with Crippen molar-refractivity contribution >= 4 is 17.5 Å². The van der Waals surface area contributed by atoms with Gasteiger partial charge < -0.3 is 10.4 Å². The number of H-pyrrole nitrogens is 1. The SMILES string of the molecule is O=C1CNc2ncc(-c3ccc(-c4nc[nH]n4)nc3)nc2N1C[C@H]1CC[C@H](O)CC1.